The van der Waals surface area contributed by atoms with Crippen molar-refractivity contribution >= 4 is 16.8 Å². The van der Waals surface area contributed by atoms with Gasteiger partial charge in [-0.25, -0.2) is 4.98 Å². The molecule has 0 N–H and O–H groups in total. The molecule has 3 heterocycles. The van der Waals surface area contributed by atoms with E-state index in [-0.39, 0.29) is 11.4 Å². The smallest absolute Gasteiger partial charge is 0.417 e. The monoisotopic (exact) mass is 359 g/mol. The van der Waals surface area contributed by atoms with Crippen LogP contribution in [0.5, 0.6) is 5.88 Å². The minimum atomic E-state index is -4.52. The van der Waals surface area contributed by atoms with Crippen molar-refractivity contribution < 1.29 is 17.9 Å². The van der Waals surface area contributed by atoms with Crippen molar-refractivity contribution in [3.05, 3.63) is 47.7 Å². The van der Waals surface area contributed by atoms with Crippen molar-refractivity contribution in [2.24, 2.45) is 0 Å². The summed E-state index contributed by atoms with van der Waals surface area (Å²) in [7, 11) is 1.46. The van der Waals surface area contributed by atoms with Crippen molar-refractivity contribution in [3.63, 3.8) is 0 Å². The Morgan fingerprint density at radius 1 is 0.962 bits per heavy atom. The molecule has 0 radical (unpaired) electrons. The first kappa shape index (κ1) is 16.2. The Labute approximate surface area is 145 Å². The number of rotatable bonds is 2. The van der Waals surface area contributed by atoms with Crippen molar-refractivity contribution in [1.82, 2.24) is 24.6 Å². The van der Waals surface area contributed by atoms with E-state index in [1.807, 2.05) is 0 Å². The van der Waals surface area contributed by atoms with Crippen LogP contribution in [0, 0.1) is 6.92 Å². The molecule has 0 amide bonds. The second-order valence-electron chi connectivity index (χ2n) is 5.62. The van der Waals surface area contributed by atoms with Crippen LogP contribution in [0.2, 0.25) is 0 Å². The number of fused-ring (bicyclic) bond motifs is 3. The molecule has 4 rings (SSSR count). The first-order valence-electron chi connectivity index (χ1n) is 7.63. The zero-order valence-corrected chi connectivity index (χ0v) is 13.7. The molecule has 0 unspecified atom stereocenters. The van der Waals surface area contributed by atoms with Gasteiger partial charge in [0, 0.05) is 11.6 Å². The summed E-state index contributed by atoms with van der Waals surface area (Å²) in [6.45, 7) is 1.66. The summed E-state index contributed by atoms with van der Waals surface area (Å²) in [5, 5.41) is 8.16. The predicted molar refractivity (Wildman–Crippen MR) is 87.8 cm³/mol. The number of nitrogens with zero attached hydrogens (tertiary/aromatic N) is 5. The minimum Gasteiger partial charge on any atom is -0.481 e. The largest absolute Gasteiger partial charge is 0.481 e. The van der Waals surface area contributed by atoms with Crippen LogP contribution in [0.25, 0.3) is 28.2 Å². The summed E-state index contributed by atoms with van der Waals surface area (Å²) in [5.41, 5.74) is 0.700. The highest BCUT2D eigenvalue weighted by Crippen LogP contribution is 2.37. The molecule has 0 saturated heterocycles. The topological polar surface area (TPSA) is 65.2 Å². The fourth-order valence-corrected chi connectivity index (χ4v) is 2.83. The number of pyridine rings is 1. The van der Waals surface area contributed by atoms with E-state index in [1.165, 1.54) is 29.7 Å². The highest BCUT2D eigenvalue weighted by molar-refractivity contribution is 5.78. The van der Waals surface area contributed by atoms with Gasteiger partial charge < -0.3 is 4.74 Å². The maximum Gasteiger partial charge on any atom is 0.417 e. The van der Waals surface area contributed by atoms with Gasteiger partial charge in [0.05, 0.1) is 18.4 Å². The summed E-state index contributed by atoms with van der Waals surface area (Å²) in [6, 6.07) is 8.53. The summed E-state index contributed by atoms with van der Waals surface area (Å²) >= 11 is 0. The lowest BCUT2D eigenvalue weighted by Crippen LogP contribution is -2.08. The van der Waals surface area contributed by atoms with E-state index in [2.05, 4.69) is 20.2 Å². The zero-order chi connectivity index (χ0) is 18.5. The van der Waals surface area contributed by atoms with E-state index in [0.717, 1.165) is 6.07 Å². The third-order valence-corrected chi connectivity index (χ3v) is 4.00. The number of hydrogen-bond acceptors (Lipinski definition) is 5. The number of methoxy groups -OCH3 is 1. The van der Waals surface area contributed by atoms with E-state index in [9.17, 15) is 13.2 Å². The number of hydrogen-bond donors (Lipinski definition) is 0. The van der Waals surface area contributed by atoms with Gasteiger partial charge in [-0.15, -0.1) is 10.2 Å². The molecule has 0 bridgehead atoms. The zero-order valence-electron chi connectivity index (χ0n) is 13.7. The summed E-state index contributed by atoms with van der Waals surface area (Å²) in [6.07, 6.45) is -4.52. The van der Waals surface area contributed by atoms with Crippen molar-refractivity contribution in [2.75, 3.05) is 7.11 Å². The molecule has 3 aromatic heterocycles. The molecule has 26 heavy (non-hydrogen) atoms. The molecular formula is C17H12F3N5O. The van der Waals surface area contributed by atoms with Gasteiger partial charge >= 0.3 is 6.18 Å². The lowest BCUT2D eigenvalue weighted by atomic mass is 10.1. The molecule has 0 spiro atoms. The van der Waals surface area contributed by atoms with E-state index in [0.29, 0.717) is 28.4 Å². The van der Waals surface area contributed by atoms with Crippen molar-refractivity contribution in [3.8, 4) is 17.3 Å². The van der Waals surface area contributed by atoms with Gasteiger partial charge in [-0.1, -0.05) is 18.2 Å². The highest BCUT2D eigenvalue weighted by atomic mass is 19.4. The Kier molecular flexibility index (Phi) is 3.53. The second kappa shape index (κ2) is 5.65. The van der Waals surface area contributed by atoms with Crippen LogP contribution < -0.4 is 4.74 Å². The predicted octanol–water partition coefficient (Wildman–Crippen LogP) is 3.68. The lowest BCUT2D eigenvalue weighted by molar-refractivity contribution is -0.137. The maximum absolute atomic E-state index is 13.5. The molecule has 0 aliphatic carbocycles. The van der Waals surface area contributed by atoms with E-state index < -0.39 is 11.7 Å². The number of aryl methyl sites for hydroxylation is 1. The summed E-state index contributed by atoms with van der Waals surface area (Å²) in [4.78, 5) is 8.65. The fourth-order valence-electron chi connectivity index (χ4n) is 2.83. The third kappa shape index (κ3) is 2.43. The van der Waals surface area contributed by atoms with Crippen LogP contribution in [-0.4, -0.2) is 31.7 Å². The van der Waals surface area contributed by atoms with Crippen LogP contribution >= 0.6 is 0 Å². The van der Waals surface area contributed by atoms with Crippen LogP contribution in [0.15, 0.2) is 36.4 Å². The van der Waals surface area contributed by atoms with Gasteiger partial charge in [0.25, 0.3) is 0 Å². The molecule has 4 aromatic rings. The molecular weight excluding hydrogens is 347 g/mol. The van der Waals surface area contributed by atoms with Crippen LogP contribution in [0.1, 0.15) is 11.3 Å². The number of aromatic nitrogens is 5. The molecule has 6 nitrogen and oxygen atoms in total. The molecule has 0 aliphatic heterocycles. The molecule has 0 saturated carbocycles. The quantitative estimate of drug-likeness (QED) is 0.546. The number of ether oxygens (including phenoxy) is 1. The Balaban J connectivity index is 2.14. The Morgan fingerprint density at radius 3 is 2.46 bits per heavy atom. The summed E-state index contributed by atoms with van der Waals surface area (Å²) in [5.74, 6) is 0.416. The minimum absolute atomic E-state index is 0.0537. The van der Waals surface area contributed by atoms with Crippen LogP contribution in [0.3, 0.4) is 0 Å². The van der Waals surface area contributed by atoms with Gasteiger partial charge in [-0.05, 0) is 19.1 Å². The molecule has 1 aromatic carbocycles. The Hall–Kier alpha value is -3.23. The molecule has 132 valence electrons. The molecule has 0 aliphatic rings. The normalized spacial score (nSPS) is 12.0. The van der Waals surface area contributed by atoms with Gasteiger partial charge in [0.1, 0.15) is 11.3 Å². The highest BCUT2D eigenvalue weighted by Gasteiger charge is 2.34. The maximum atomic E-state index is 13.5. The molecule has 0 atom stereocenters. The average molecular weight is 359 g/mol. The number of benzene rings is 1. The number of imidazole rings is 1. The van der Waals surface area contributed by atoms with E-state index >= 15 is 0 Å². The summed E-state index contributed by atoms with van der Waals surface area (Å²) < 4.78 is 47.0. The SMILES string of the molecule is COc1ccc2nnc3c(C)nc(-c4ccccc4C(F)(F)F)n3c2n1. The van der Waals surface area contributed by atoms with Gasteiger partial charge in [0.15, 0.2) is 11.3 Å². The van der Waals surface area contributed by atoms with Crippen molar-refractivity contribution in [2.45, 2.75) is 13.1 Å². The second-order valence-corrected chi connectivity index (χ2v) is 5.62. The van der Waals surface area contributed by atoms with Gasteiger partial charge in [0.2, 0.25) is 5.88 Å². The molecule has 0 fully saturated rings. The average Bonchev–Trinajstić information content (AvgIpc) is 2.97. The number of alkyl halides is 3. The van der Waals surface area contributed by atoms with Gasteiger partial charge in [-0.2, -0.15) is 18.2 Å². The Morgan fingerprint density at radius 2 is 1.73 bits per heavy atom. The molecule has 9 heteroatoms. The first-order chi connectivity index (χ1) is 12.4. The first-order valence-corrected chi connectivity index (χ1v) is 7.63. The number of halogens is 3. The van der Waals surface area contributed by atoms with Crippen molar-refractivity contribution in [1.29, 1.82) is 0 Å². The van der Waals surface area contributed by atoms with Crippen LogP contribution in [-0.2, 0) is 6.18 Å². The van der Waals surface area contributed by atoms with Crippen LogP contribution in [0.4, 0.5) is 13.2 Å². The standard InChI is InChI=1S/C17H12F3N5O/c1-9-14-24-23-12-7-8-13(26-2)22-16(12)25(14)15(21-9)10-5-3-4-6-11(10)17(18,19)20/h3-8H,1-2H3. The van der Waals surface area contributed by atoms with E-state index in [1.54, 1.807) is 19.1 Å². The van der Waals surface area contributed by atoms with Gasteiger partial charge in [-0.3, -0.25) is 4.40 Å². The lowest BCUT2D eigenvalue weighted by Gasteiger charge is -2.12. The third-order valence-electron chi connectivity index (χ3n) is 4.00. The Bertz CT molecular complexity index is 1140. The fraction of sp³-hybridized carbons (Fsp3) is 0.176. The van der Waals surface area contributed by atoms with E-state index in [4.69, 9.17) is 4.74 Å².